The molecule has 0 saturated carbocycles. The van der Waals surface area contributed by atoms with Gasteiger partial charge in [-0.25, -0.2) is 0 Å². The molecule has 6 heteroatoms. The second-order valence-electron chi connectivity index (χ2n) is 5.54. The molecule has 21 heavy (non-hydrogen) atoms. The number of amides is 1. The van der Waals surface area contributed by atoms with Crippen LogP contribution in [0.2, 0.25) is 0 Å². The quantitative estimate of drug-likeness (QED) is 0.915. The molecule has 3 rings (SSSR count). The van der Waals surface area contributed by atoms with E-state index < -0.39 is 0 Å². The smallest absolute Gasteiger partial charge is 0.270 e. The van der Waals surface area contributed by atoms with Gasteiger partial charge in [-0.05, 0) is 31.1 Å². The molecule has 1 N–H and O–H groups in total. The molecule has 2 unspecified atom stereocenters. The highest BCUT2D eigenvalue weighted by molar-refractivity contribution is 7.99. The van der Waals surface area contributed by atoms with E-state index in [0.717, 1.165) is 37.4 Å². The third kappa shape index (κ3) is 3.49. The molecule has 2 aliphatic heterocycles. The van der Waals surface area contributed by atoms with Crippen LogP contribution in [0.5, 0.6) is 0 Å². The van der Waals surface area contributed by atoms with Crippen molar-refractivity contribution in [2.75, 3.05) is 24.7 Å². The zero-order chi connectivity index (χ0) is 14.7. The molecule has 0 aromatic carbocycles. The first-order chi connectivity index (χ1) is 10.2. The third-order valence-corrected chi connectivity index (χ3v) is 5.18. The van der Waals surface area contributed by atoms with Gasteiger partial charge < -0.3 is 14.6 Å². The van der Waals surface area contributed by atoms with Crippen LogP contribution in [0.1, 0.15) is 29.8 Å². The number of hydrogen-bond acceptors (Lipinski definition) is 4. The van der Waals surface area contributed by atoms with Crippen molar-refractivity contribution in [2.45, 2.75) is 31.4 Å². The van der Waals surface area contributed by atoms with Crippen molar-refractivity contribution in [1.82, 2.24) is 9.88 Å². The summed E-state index contributed by atoms with van der Waals surface area (Å²) < 4.78 is 5.68. The van der Waals surface area contributed by atoms with E-state index >= 15 is 0 Å². The molecule has 3 heterocycles. The van der Waals surface area contributed by atoms with Crippen LogP contribution >= 0.6 is 11.8 Å². The maximum Gasteiger partial charge on any atom is 0.270 e. The highest BCUT2D eigenvalue weighted by Gasteiger charge is 2.31. The molecule has 5 nitrogen and oxygen atoms in total. The monoisotopic (exact) mass is 308 g/mol. The summed E-state index contributed by atoms with van der Waals surface area (Å²) in [6.07, 6.45) is 3.22. The van der Waals surface area contributed by atoms with Gasteiger partial charge in [-0.15, -0.1) is 0 Å². The number of hydrogen-bond donors (Lipinski definition) is 1. The minimum absolute atomic E-state index is 0.0873. The second-order valence-corrected chi connectivity index (χ2v) is 6.69. The topological polar surface area (TPSA) is 62.4 Å². The Kier molecular flexibility index (Phi) is 4.65. The summed E-state index contributed by atoms with van der Waals surface area (Å²) in [5, 5.41) is 0. The molecule has 114 valence electrons. The van der Waals surface area contributed by atoms with Gasteiger partial charge in [0.25, 0.3) is 5.91 Å². The van der Waals surface area contributed by atoms with Crippen molar-refractivity contribution in [3.8, 4) is 0 Å². The maximum atomic E-state index is 12.8. The minimum Gasteiger partial charge on any atom is -0.376 e. The standard InChI is InChI=1S/C15H20N2O3S/c18-14-5-1-4-13(16-14)15(19)17(11-6-8-21-10-11)9-12-3-2-7-20-12/h1,4-5,11-12H,2-3,6-10H2,(H,16,18). The maximum absolute atomic E-state index is 12.8. The van der Waals surface area contributed by atoms with E-state index in [1.165, 1.54) is 6.07 Å². The summed E-state index contributed by atoms with van der Waals surface area (Å²) in [4.78, 5) is 28.7. The molecular weight excluding hydrogens is 288 g/mol. The van der Waals surface area contributed by atoms with Crippen LogP contribution in [0.4, 0.5) is 0 Å². The molecule has 2 fully saturated rings. The van der Waals surface area contributed by atoms with Gasteiger partial charge in [0.2, 0.25) is 5.56 Å². The number of aromatic nitrogens is 1. The first kappa shape index (κ1) is 14.7. The number of aromatic amines is 1. The molecule has 1 aromatic rings. The summed E-state index contributed by atoms with van der Waals surface area (Å²) in [5.41, 5.74) is 0.135. The lowest BCUT2D eigenvalue weighted by Gasteiger charge is -2.30. The molecule has 0 radical (unpaired) electrons. The third-order valence-electron chi connectivity index (χ3n) is 4.03. The highest BCUT2D eigenvalue weighted by Crippen LogP contribution is 2.25. The highest BCUT2D eigenvalue weighted by atomic mass is 32.2. The summed E-state index contributed by atoms with van der Waals surface area (Å²) in [5.74, 6) is 1.97. The number of carbonyl (C=O) groups excluding carboxylic acids is 1. The normalized spacial score (nSPS) is 25.1. The first-order valence-electron chi connectivity index (χ1n) is 7.44. The van der Waals surface area contributed by atoms with Crippen LogP contribution in [0, 0.1) is 0 Å². The van der Waals surface area contributed by atoms with Crippen LogP contribution in [-0.2, 0) is 4.74 Å². The molecule has 1 aromatic heterocycles. The fraction of sp³-hybridized carbons (Fsp3) is 0.600. The Bertz CT molecular complexity index is 548. The van der Waals surface area contributed by atoms with Gasteiger partial charge in [0, 0.05) is 31.0 Å². The molecule has 0 bridgehead atoms. The summed E-state index contributed by atoms with van der Waals surface area (Å²) in [6, 6.07) is 4.97. The first-order valence-corrected chi connectivity index (χ1v) is 8.59. The number of carbonyl (C=O) groups is 1. The number of pyridine rings is 1. The van der Waals surface area contributed by atoms with Gasteiger partial charge in [0.15, 0.2) is 0 Å². The number of H-pyrrole nitrogens is 1. The largest absolute Gasteiger partial charge is 0.376 e. The Hall–Kier alpha value is -1.27. The lowest BCUT2D eigenvalue weighted by molar-refractivity contribution is 0.0437. The van der Waals surface area contributed by atoms with Crippen molar-refractivity contribution in [3.63, 3.8) is 0 Å². The van der Waals surface area contributed by atoms with Gasteiger partial charge in [0.1, 0.15) is 5.69 Å². The van der Waals surface area contributed by atoms with E-state index in [9.17, 15) is 9.59 Å². The Morgan fingerprint density at radius 1 is 1.43 bits per heavy atom. The Balaban J connectivity index is 1.79. The number of nitrogens with zero attached hydrogens (tertiary/aromatic N) is 1. The van der Waals surface area contributed by atoms with E-state index in [1.54, 1.807) is 12.1 Å². The van der Waals surface area contributed by atoms with Crippen LogP contribution in [0.25, 0.3) is 0 Å². The van der Waals surface area contributed by atoms with E-state index in [0.29, 0.717) is 12.2 Å². The number of nitrogens with one attached hydrogen (secondary N) is 1. The van der Waals surface area contributed by atoms with Crippen molar-refractivity contribution >= 4 is 17.7 Å². The number of rotatable bonds is 4. The van der Waals surface area contributed by atoms with Crippen molar-refractivity contribution in [1.29, 1.82) is 0 Å². The SMILES string of the molecule is O=C(c1cccc(=O)[nH]1)N(CC1CCCO1)C1CCSC1. The van der Waals surface area contributed by atoms with Crippen molar-refractivity contribution in [2.24, 2.45) is 0 Å². The Morgan fingerprint density at radius 3 is 3.00 bits per heavy atom. The van der Waals surface area contributed by atoms with Gasteiger partial charge in [-0.3, -0.25) is 9.59 Å². The van der Waals surface area contributed by atoms with Gasteiger partial charge >= 0.3 is 0 Å². The summed E-state index contributed by atoms with van der Waals surface area (Å²) in [7, 11) is 0. The van der Waals surface area contributed by atoms with Gasteiger partial charge in [-0.2, -0.15) is 11.8 Å². The molecule has 0 spiro atoms. The molecule has 2 aliphatic rings. The van der Waals surface area contributed by atoms with E-state index in [-0.39, 0.29) is 23.6 Å². The fourth-order valence-corrected chi connectivity index (χ4v) is 4.12. The predicted octanol–water partition coefficient (Wildman–Crippen LogP) is 1.50. The zero-order valence-electron chi connectivity index (χ0n) is 11.9. The fourth-order valence-electron chi connectivity index (χ4n) is 2.90. The van der Waals surface area contributed by atoms with Crippen LogP contribution in [0.15, 0.2) is 23.0 Å². The van der Waals surface area contributed by atoms with Crippen LogP contribution < -0.4 is 5.56 Å². The van der Waals surface area contributed by atoms with E-state index in [4.69, 9.17) is 4.74 Å². The number of ether oxygens (including phenoxy) is 1. The second kappa shape index (κ2) is 6.66. The van der Waals surface area contributed by atoms with E-state index in [2.05, 4.69) is 4.98 Å². The molecule has 2 saturated heterocycles. The Morgan fingerprint density at radius 2 is 2.33 bits per heavy atom. The average Bonchev–Trinajstić information content (AvgIpc) is 3.17. The minimum atomic E-state index is -0.237. The van der Waals surface area contributed by atoms with Crippen LogP contribution in [0.3, 0.4) is 0 Å². The van der Waals surface area contributed by atoms with Crippen LogP contribution in [-0.4, -0.2) is 52.6 Å². The molecular formula is C15H20N2O3S. The van der Waals surface area contributed by atoms with Gasteiger partial charge in [-0.1, -0.05) is 6.07 Å². The van der Waals surface area contributed by atoms with Gasteiger partial charge in [0.05, 0.1) is 6.10 Å². The van der Waals surface area contributed by atoms with Crippen molar-refractivity contribution < 1.29 is 9.53 Å². The average molecular weight is 308 g/mol. The summed E-state index contributed by atoms with van der Waals surface area (Å²) in [6.45, 7) is 1.41. The van der Waals surface area contributed by atoms with E-state index in [1.807, 2.05) is 16.7 Å². The molecule has 0 aliphatic carbocycles. The number of thioether (sulfide) groups is 1. The molecule has 2 atom stereocenters. The zero-order valence-corrected chi connectivity index (χ0v) is 12.7. The van der Waals surface area contributed by atoms with Crippen molar-refractivity contribution in [3.05, 3.63) is 34.2 Å². The summed E-state index contributed by atoms with van der Waals surface area (Å²) >= 11 is 1.88. The lowest BCUT2D eigenvalue weighted by Crippen LogP contribution is -2.45. The lowest BCUT2D eigenvalue weighted by atomic mass is 10.1. The Labute approximate surface area is 128 Å². The predicted molar refractivity (Wildman–Crippen MR) is 82.8 cm³/mol. The molecule has 1 amide bonds.